The van der Waals surface area contributed by atoms with Gasteiger partial charge in [-0.1, -0.05) is 51.1 Å². The molecule has 0 bridgehead atoms. The Morgan fingerprint density at radius 1 is 1.30 bits per heavy atom. The van der Waals surface area contributed by atoms with Crippen molar-refractivity contribution in [1.82, 2.24) is 10.3 Å². The van der Waals surface area contributed by atoms with E-state index in [-0.39, 0.29) is 35.0 Å². The third-order valence-corrected chi connectivity index (χ3v) is 10.3. The van der Waals surface area contributed by atoms with Crippen molar-refractivity contribution < 1.29 is 19.5 Å². The molecule has 2 heterocycles. The number of hydrogen-bond acceptors (Lipinski definition) is 6. The van der Waals surface area contributed by atoms with Crippen LogP contribution in [0.3, 0.4) is 0 Å². The van der Waals surface area contributed by atoms with Gasteiger partial charge in [0.15, 0.2) is 5.13 Å². The summed E-state index contributed by atoms with van der Waals surface area (Å²) >= 11 is 1.77. The molecule has 1 aromatic heterocycles. The summed E-state index contributed by atoms with van der Waals surface area (Å²) in [5.74, 6) is 0.120. The molecule has 1 aromatic carbocycles. The maximum absolute atomic E-state index is 13.1. The monoisotopic (exact) mass is 527 g/mol. The number of ether oxygens (including phenoxy) is 1. The van der Waals surface area contributed by atoms with Crippen LogP contribution in [0, 0.1) is 23.2 Å². The lowest BCUT2D eigenvalue weighted by atomic mass is 9.53. The number of aliphatic hydroxyl groups is 1. The molecule has 1 aliphatic heterocycles. The quantitative estimate of drug-likeness (QED) is 0.424. The van der Waals surface area contributed by atoms with Crippen LogP contribution in [0.5, 0.6) is 0 Å². The minimum atomic E-state index is -0.505. The van der Waals surface area contributed by atoms with Crippen molar-refractivity contribution in [2.24, 2.45) is 23.2 Å². The Morgan fingerprint density at radius 3 is 2.81 bits per heavy atom. The summed E-state index contributed by atoms with van der Waals surface area (Å²) in [6, 6.07) is 10.4. The van der Waals surface area contributed by atoms with Crippen LogP contribution < -0.4 is 15.5 Å². The van der Waals surface area contributed by atoms with Crippen molar-refractivity contribution in [1.29, 1.82) is 0 Å². The van der Waals surface area contributed by atoms with Crippen molar-refractivity contribution in [3.8, 4) is 0 Å². The fourth-order valence-electron chi connectivity index (χ4n) is 7.02. The standard InChI is InChI=1S/C29H42N4O3S/c1-19(27(35)30-11-12-33-13-15-36-16-14-33)22-9-10-29(3)17-23-25(20(2)24(29)26(22)34)32-28(37-23)31-18-21-7-5-4-6-8-21/h4-8,19-20,22,24,26,34H,9-18H2,1-3H3,(H,30,35)(H,31,32)/p+1/t19-,20-,22-,24+,26-,29-/m0/s1. The fourth-order valence-corrected chi connectivity index (χ4v) is 8.28. The number of fused-ring (bicyclic) bond motifs is 2. The van der Waals surface area contributed by atoms with E-state index in [0.717, 1.165) is 69.5 Å². The molecular weight excluding hydrogens is 484 g/mol. The van der Waals surface area contributed by atoms with Crippen LogP contribution in [-0.4, -0.2) is 61.5 Å². The predicted molar refractivity (Wildman–Crippen MR) is 147 cm³/mol. The van der Waals surface area contributed by atoms with E-state index in [0.29, 0.717) is 6.54 Å². The van der Waals surface area contributed by atoms with Gasteiger partial charge in [0.2, 0.25) is 5.91 Å². The number of rotatable bonds is 8. The summed E-state index contributed by atoms with van der Waals surface area (Å²) in [5, 5.41) is 19.3. The molecule has 1 saturated carbocycles. The van der Waals surface area contributed by atoms with Crippen LogP contribution in [0.15, 0.2) is 30.3 Å². The van der Waals surface area contributed by atoms with Crippen LogP contribution in [0.4, 0.5) is 5.13 Å². The van der Waals surface area contributed by atoms with Gasteiger partial charge in [0.05, 0.1) is 38.1 Å². The number of amides is 1. The number of hydrogen-bond donors (Lipinski definition) is 4. The van der Waals surface area contributed by atoms with Gasteiger partial charge in [-0.15, -0.1) is 11.3 Å². The van der Waals surface area contributed by atoms with E-state index in [2.05, 4.69) is 48.7 Å². The van der Waals surface area contributed by atoms with Gasteiger partial charge in [0.25, 0.3) is 0 Å². The molecule has 7 nitrogen and oxygen atoms in total. The number of quaternary nitrogens is 1. The number of anilines is 1. The number of aliphatic hydroxyl groups excluding tert-OH is 1. The van der Waals surface area contributed by atoms with Crippen molar-refractivity contribution in [2.75, 3.05) is 44.7 Å². The zero-order chi connectivity index (χ0) is 26.0. The zero-order valence-corrected chi connectivity index (χ0v) is 23.3. The van der Waals surface area contributed by atoms with Gasteiger partial charge >= 0.3 is 0 Å². The number of benzene rings is 1. The highest BCUT2D eigenvalue weighted by molar-refractivity contribution is 7.15. The average Bonchev–Trinajstić information content (AvgIpc) is 3.31. The zero-order valence-electron chi connectivity index (χ0n) is 22.5. The molecule has 0 unspecified atom stereocenters. The van der Waals surface area contributed by atoms with Crippen LogP contribution in [0.1, 0.15) is 55.7 Å². The summed E-state index contributed by atoms with van der Waals surface area (Å²) in [4.78, 5) is 20.9. The number of nitrogens with zero attached hydrogens (tertiary/aromatic N) is 1. The lowest BCUT2D eigenvalue weighted by Gasteiger charge is -2.53. The molecule has 3 aliphatic rings. The summed E-state index contributed by atoms with van der Waals surface area (Å²) in [5.41, 5.74) is 2.40. The van der Waals surface area contributed by atoms with E-state index in [4.69, 9.17) is 9.72 Å². The van der Waals surface area contributed by atoms with Crippen LogP contribution in [0.2, 0.25) is 0 Å². The molecule has 4 N–H and O–H groups in total. The van der Waals surface area contributed by atoms with E-state index >= 15 is 0 Å². The molecule has 1 amide bonds. The Kier molecular flexibility index (Phi) is 8.19. The van der Waals surface area contributed by atoms with Crippen LogP contribution in [0.25, 0.3) is 0 Å². The highest BCUT2D eigenvalue weighted by atomic mass is 32.1. The van der Waals surface area contributed by atoms with Crippen LogP contribution in [-0.2, 0) is 22.5 Å². The second kappa shape index (κ2) is 11.4. The average molecular weight is 528 g/mol. The normalized spacial score (nSPS) is 30.7. The molecule has 2 aromatic rings. The molecule has 0 radical (unpaired) electrons. The number of carbonyl (C=O) groups is 1. The fraction of sp³-hybridized carbons (Fsp3) is 0.655. The molecule has 8 heteroatoms. The molecule has 2 fully saturated rings. The third kappa shape index (κ3) is 5.72. The first-order chi connectivity index (χ1) is 17.9. The number of carbonyl (C=O) groups excluding carboxylic acids is 1. The van der Waals surface area contributed by atoms with E-state index in [9.17, 15) is 9.90 Å². The van der Waals surface area contributed by atoms with Gasteiger partial charge in [-0.3, -0.25) is 4.79 Å². The Balaban J connectivity index is 1.22. The van der Waals surface area contributed by atoms with Crippen LogP contribution >= 0.6 is 11.3 Å². The topological polar surface area (TPSA) is 87.9 Å². The Bertz CT molecular complexity index is 1060. The van der Waals surface area contributed by atoms with Crippen molar-refractivity contribution >= 4 is 22.4 Å². The van der Waals surface area contributed by atoms with Gasteiger partial charge in [-0.25, -0.2) is 4.98 Å². The molecule has 37 heavy (non-hydrogen) atoms. The molecule has 0 spiro atoms. The largest absolute Gasteiger partial charge is 0.392 e. The number of morpholine rings is 1. The van der Waals surface area contributed by atoms with Crippen molar-refractivity contribution in [3.63, 3.8) is 0 Å². The second-order valence-corrected chi connectivity index (χ2v) is 12.8. The lowest BCUT2D eigenvalue weighted by Crippen LogP contribution is -3.14. The third-order valence-electron chi connectivity index (χ3n) is 9.24. The van der Waals surface area contributed by atoms with Crippen molar-refractivity contribution in [2.45, 2.75) is 58.6 Å². The summed E-state index contributed by atoms with van der Waals surface area (Å²) in [6.07, 6.45) is 2.37. The first kappa shape index (κ1) is 26.6. The summed E-state index contributed by atoms with van der Waals surface area (Å²) in [7, 11) is 0. The van der Waals surface area contributed by atoms with Gasteiger partial charge in [0.1, 0.15) is 13.1 Å². The molecule has 1 saturated heterocycles. The molecule has 5 rings (SSSR count). The maximum Gasteiger partial charge on any atom is 0.223 e. The SMILES string of the molecule is C[C@H](C(=O)NCC[NH+]1CCOCC1)[C@@H]1CC[C@@]2(C)Cc3sc(NCc4ccccc4)nc3[C@@H](C)[C@@H]2[C@H]1O. The minimum Gasteiger partial charge on any atom is -0.392 e. The van der Waals surface area contributed by atoms with E-state index < -0.39 is 6.10 Å². The maximum atomic E-state index is 13.1. The highest BCUT2D eigenvalue weighted by Gasteiger charge is 2.53. The summed E-state index contributed by atoms with van der Waals surface area (Å²) < 4.78 is 5.43. The van der Waals surface area contributed by atoms with Crippen molar-refractivity contribution in [3.05, 3.63) is 46.5 Å². The minimum absolute atomic E-state index is 0.0212. The number of nitrogens with one attached hydrogen (secondary N) is 3. The Hall–Kier alpha value is -2.00. The lowest BCUT2D eigenvalue weighted by molar-refractivity contribution is -0.906. The predicted octanol–water partition coefficient (Wildman–Crippen LogP) is 2.48. The van der Waals surface area contributed by atoms with E-state index in [1.54, 1.807) is 11.3 Å². The first-order valence-electron chi connectivity index (χ1n) is 14.0. The van der Waals surface area contributed by atoms with E-state index in [1.165, 1.54) is 15.3 Å². The molecule has 6 atom stereocenters. The molecule has 2 aliphatic carbocycles. The van der Waals surface area contributed by atoms with Gasteiger partial charge in [-0.2, -0.15) is 0 Å². The molecular formula is C29H43N4O3S+. The first-order valence-corrected chi connectivity index (χ1v) is 14.8. The van der Waals surface area contributed by atoms with Gasteiger partial charge in [-0.05, 0) is 42.1 Å². The number of aromatic nitrogens is 1. The Labute approximate surface area is 225 Å². The van der Waals surface area contributed by atoms with Gasteiger partial charge in [0, 0.05) is 23.3 Å². The Morgan fingerprint density at radius 2 is 2.05 bits per heavy atom. The number of thiazole rings is 1. The van der Waals surface area contributed by atoms with Gasteiger partial charge < -0.3 is 25.4 Å². The smallest absolute Gasteiger partial charge is 0.223 e. The summed E-state index contributed by atoms with van der Waals surface area (Å²) in [6.45, 7) is 12.6. The second-order valence-electron chi connectivity index (χ2n) is 11.7. The molecule has 202 valence electrons. The highest BCUT2D eigenvalue weighted by Crippen LogP contribution is 2.57. The van der Waals surface area contributed by atoms with E-state index in [1.807, 2.05) is 13.0 Å².